The molecule has 0 fully saturated rings. The van der Waals surface area contributed by atoms with Gasteiger partial charge in [-0.15, -0.1) is 0 Å². The molecule has 0 saturated carbocycles. The molecule has 0 spiro atoms. The Labute approximate surface area is 318 Å². The van der Waals surface area contributed by atoms with Crippen molar-refractivity contribution in [2.24, 2.45) is 0 Å². The first-order valence-corrected chi connectivity index (χ1v) is 18.5. The van der Waals surface area contributed by atoms with Gasteiger partial charge in [0.2, 0.25) is 0 Å². The quantitative estimate of drug-likeness (QED) is 0.182. The van der Waals surface area contributed by atoms with E-state index in [1.54, 1.807) is 0 Å². The van der Waals surface area contributed by atoms with Crippen LogP contribution in [-0.4, -0.2) is 9.13 Å². The lowest BCUT2D eigenvalue weighted by molar-refractivity contribution is 0.669. The lowest BCUT2D eigenvalue weighted by atomic mass is 9.96. The molecule has 4 heterocycles. The summed E-state index contributed by atoms with van der Waals surface area (Å²) in [7, 11) is 0. The van der Waals surface area contributed by atoms with Crippen molar-refractivity contribution in [3.05, 3.63) is 169 Å². The molecule has 0 amide bonds. The summed E-state index contributed by atoms with van der Waals surface area (Å²) in [5.74, 6) is 0. The van der Waals surface area contributed by atoms with E-state index in [4.69, 9.17) is 8.83 Å². The van der Waals surface area contributed by atoms with Crippen molar-refractivity contribution >= 4 is 87.5 Å². The van der Waals surface area contributed by atoms with Crippen molar-refractivity contribution in [1.29, 1.82) is 10.5 Å². The Balaban J connectivity index is 1.16. The van der Waals surface area contributed by atoms with Gasteiger partial charge in [-0.05, 0) is 78.4 Å². The second-order valence-electron chi connectivity index (χ2n) is 14.3. The van der Waals surface area contributed by atoms with Crippen LogP contribution < -0.4 is 0 Å². The fraction of sp³-hybridized carbons (Fsp3) is 0. The molecule has 0 atom stereocenters. The van der Waals surface area contributed by atoms with Gasteiger partial charge in [-0.3, -0.25) is 0 Å². The molecular formula is C50H26N4O2. The maximum absolute atomic E-state index is 10.7. The third-order valence-electron chi connectivity index (χ3n) is 11.4. The molecule has 12 rings (SSSR count). The van der Waals surface area contributed by atoms with Gasteiger partial charge >= 0.3 is 0 Å². The van der Waals surface area contributed by atoms with Gasteiger partial charge in [-0.1, -0.05) is 84.9 Å². The third kappa shape index (κ3) is 4.07. The first kappa shape index (κ1) is 30.4. The Bertz CT molecular complexity index is 3750. The van der Waals surface area contributed by atoms with E-state index in [1.807, 2.05) is 78.9 Å². The third-order valence-corrected chi connectivity index (χ3v) is 11.4. The number of aromatic nitrogens is 2. The molecule has 0 unspecified atom stereocenters. The number of fused-ring (bicyclic) bond motifs is 12. The van der Waals surface area contributed by atoms with Crippen LogP contribution in [-0.2, 0) is 0 Å². The summed E-state index contributed by atoms with van der Waals surface area (Å²) < 4.78 is 17.1. The minimum Gasteiger partial charge on any atom is -0.456 e. The van der Waals surface area contributed by atoms with Crippen molar-refractivity contribution in [3.8, 4) is 34.6 Å². The molecule has 0 radical (unpaired) electrons. The maximum atomic E-state index is 10.7. The van der Waals surface area contributed by atoms with Gasteiger partial charge in [0.05, 0.1) is 50.6 Å². The molecule has 4 aromatic heterocycles. The Hall–Kier alpha value is -8.06. The standard InChI is InChI=1S/C50H26N4O2/c51-27-30-21-20-29(22-43(30)54-41-16-6-2-12-33(41)37-26-49-39(24-45(37)54)35-14-4-8-19-47(35)56-49)50-31(28-52)10-9-17-42(50)53-40-15-5-1-11-32(40)36-25-48-38(23-44(36)53)34-13-3-7-18-46(34)55-48/h1-26H. The fourth-order valence-corrected chi connectivity index (χ4v) is 8.98. The molecule has 8 aromatic carbocycles. The molecule has 0 saturated heterocycles. The van der Waals surface area contributed by atoms with Crippen molar-refractivity contribution in [2.45, 2.75) is 0 Å². The van der Waals surface area contributed by atoms with Gasteiger partial charge in [0.15, 0.2) is 0 Å². The highest BCUT2D eigenvalue weighted by Crippen LogP contribution is 2.43. The second-order valence-corrected chi connectivity index (χ2v) is 14.3. The molecule has 0 aliphatic rings. The van der Waals surface area contributed by atoms with Crippen LogP contribution in [0.25, 0.3) is 110 Å². The lowest BCUT2D eigenvalue weighted by Gasteiger charge is -2.17. The van der Waals surface area contributed by atoms with E-state index in [1.165, 1.54) is 0 Å². The lowest BCUT2D eigenvalue weighted by Crippen LogP contribution is -2.02. The summed E-state index contributed by atoms with van der Waals surface area (Å²) in [6.07, 6.45) is 0. The van der Waals surface area contributed by atoms with Crippen LogP contribution in [0.3, 0.4) is 0 Å². The summed E-state index contributed by atoms with van der Waals surface area (Å²) >= 11 is 0. The number of furan rings is 2. The second kappa shape index (κ2) is 11.2. The first-order chi connectivity index (χ1) is 27.7. The van der Waals surface area contributed by atoms with Crippen LogP contribution in [0.1, 0.15) is 11.1 Å². The number of rotatable bonds is 3. The molecule has 0 bridgehead atoms. The van der Waals surface area contributed by atoms with Gasteiger partial charge < -0.3 is 18.0 Å². The van der Waals surface area contributed by atoms with Crippen molar-refractivity contribution in [2.75, 3.05) is 0 Å². The SMILES string of the molecule is N#Cc1ccc(-c2c(C#N)cccc2-n2c3ccccc3c3cc4oc5ccccc5c4cc32)cc1-n1c2ccccc2c2cc3oc4ccccc4c3cc21. The predicted octanol–water partition coefficient (Wildman–Crippen LogP) is 13.1. The Kier molecular flexibility index (Phi) is 6.10. The highest BCUT2D eigenvalue weighted by Gasteiger charge is 2.23. The molecule has 0 N–H and O–H groups in total. The largest absolute Gasteiger partial charge is 0.456 e. The summed E-state index contributed by atoms with van der Waals surface area (Å²) in [4.78, 5) is 0. The molecule has 12 aromatic rings. The average molecular weight is 715 g/mol. The fourth-order valence-electron chi connectivity index (χ4n) is 8.98. The average Bonchev–Trinajstić information content (AvgIpc) is 3.98. The van der Waals surface area contributed by atoms with Gasteiger partial charge in [-0.25, -0.2) is 0 Å². The zero-order valence-electron chi connectivity index (χ0n) is 29.6. The monoisotopic (exact) mass is 714 g/mol. The number of nitrogens with zero attached hydrogens (tertiary/aromatic N) is 4. The predicted molar refractivity (Wildman–Crippen MR) is 225 cm³/mol. The summed E-state index contributed by atoms with van der Waals surface area (Å²) in [6, 6.07) is 58.3. The van der Waals surface area contributed by atoms with Crippen LogP contribution >= 0.6 is 0 Å². The van der Waals surface area contributed by atoms with Crippen LogP contribution in [0, 0.1) is 22.7 Å². The number of hydrogen-bond donors (Lipinski definition) is 0. The minimum absolute atomic E-state index is 0.524. The molecule has 0 aliphatic heterocycles. The van der Waals surface area contributed by atoms with Crippen LogP contribution in [0.15, 0.2) is 167 Å². The molecular weight excluding hydrogens is 689 g/mol. The van der Waals surface area contributed by atoms with Crippen molar-refractivity contribution in [3.63, 3.8) is 0 Å². The number of nitriles is 2. The molecule has 6 heteroatoms. The van der Waals surface area contributed by atoms with Crippen LogP contribution in [0.2, 0.25) is 0 Å². The van der Waals surface area contributed by atoms with Crippen molar-refractivity contribution in [1.82, 2.24) is 9.13 Å². The van der Waals surface area contributed by atoms with E-state index >= 15 is 0 Å². The van der Waals surface area contributed by atoms with E-state index in [0.717, 1.165) is 110 Å². The highest BCUT2D eigenvalue weighted by atomic mass is 16.3. The topological polar surface area (TPSA) is 83.7 Å². The Morgan fingerprint density at radius 2 is 0.875 bits per heavy atom. The zero-order valence-corrected chi connectivity index (χ0v) is 29.6. The summed E-state index contributed by atoms with van der Waals surface area (Å²) in [5.41, 5.74) is 11.5. The van der Waals surface area contributed by atoms with Crippen molar-refractivity contribution < 1.29 is 8.83 Å². The Morgan fingerprint density at radius 3 is 1.45 bits per heavy atom. The van der Waals surface area contributed by atoms with Gasteiger partial charge in [0, 0.05) is 48.7 Å². The van der Waals surface area contributed by atoms with E-state index in [2.05, 4.69) is 100 Å². The van der Waals surface area contributed by atoms with E-state index < -0.39 is 0 Å². The number of hydrogen-bond acceptors (Lipinski definition) is 4. The van der Waals surface area contributed by atoms with E-state index in [9.17, 15) is 10.5 Å². The van der Waals surface area contributed by atoms with Crippen LogP contribution in [0.4, 0.5) is 0 Å². The zero-order chi connectivity index (χ0) is 37.1. The van der Waals surface area contributed by atoms with Crippen LogP contribution in [0.5, 0.6) is 0 Å². The van der Waals surface area contributed by atoms with E-state index in [0.29, 0.717) is 11.1 Å². The van der Waals surface area contributed by atoms with Gasteiger partial charge in [0.25, 0.3) is 0 Å². The highest BCUT2D eigenvalue weighted by molar-refractivity contribution is 6.19. The van der Waals surface area contributed by atoms with Gasteiger partial charge in [-0.2, -0.15) is 10.5 Å². The maximum Gasteiger partial charge on any atom is 0.136 e. The molecule has 0 aliphatic carbocycles. The number of para-hydroxylation sites is 4. The molecule has 56 heavy (non-hydrogen) atoms. The van der Waals surface area contributed by atoms with Gasteiger partial charge in [0.1, 0.15) is 28.4 Å². The van der Waals surface area contributed by atoms with E-state index in [-0.39, 0.29) is 0 Å². The summed E-state index contributed by atoms with van der Waals surface area (Å²) in [5, 5.41) is 29.7. The minimum atomic E-state index is 0.524. The molecule has 258 valence electrons. The molecule has 6 nitrogen and oxygen atoms in total. The Morgan fingerprint density at radius 1 is 0.357 bits per heavy atom. The first-order valence-electron chi connectivity index (χ1n) is 18.5. The normalized spacial score (nSPS) is 11.9. The number of benzene rings is 8. The smallest absolute Gasteiger partial charge is 0.136 e. The summed E-state index contributed by atoms with van der Waals surface area (Å²) in [6.45, 7) is 0.